The van der Waals surface area contributed by atoms with Gasteiger partial charge in [0.15, 0.2) is 0 Å². The summed E-state index contributed by atoms with van der Waals surface area (Å²) in [5.41, 5.74) is 4.23. The Kier molecular flexibility index (Phi) is 6.93. The van der Waals surface area contributed by atoms with Crippen LogP contribution >= 0.6 is 11.3 Å². The molecule has 0 saturated heterocycles. The Morgan fingerprint density at radius 2 is 1.68 bits per heavy atom. The maximum absolute atomic E-state index is 14.7. The largest absolute Gasteiger partial charge is 0.489 e. The molecule has 1 heterocycles. The summed E-state index contributed by atoms with van der Waals surface area (Å²) in [6.07, 6.45) is 0. The molecule has 4 aromatic rings. The Labute approximate surface area is 201 Å². The first kappa shape index (κ1) is 23.4. The van der Waals surface area contributed by atoms with E-state index in [0.717, 1.165) is 22.4 Å². The molecule has 0 radical (unpaired) electrons. The monoisotopic (exact) mass is 476 g/mol. The first-order chi connectivity index (χ1) is 16.3. The second-order valence-corrected chi connectivity index (χ2v) is 9.18. The Morgan fingerprint density at radius 3 is 2.38 bits per heavy atom. The van der Waals surface area contributed by atoms with Crippen molar-refractivity contribution < 1.29 is 18.7 Å². The molecule has 0 atom stereocenters. The van der Waals surface area contributed by atoms with E-state index in [-0.39, 0.29) is 19.1 Å². The number of amides is 2. The third-order valence-electron chi connectivity index (χ3n) is 5.45. The predicted octanol–water partition coefficient (Wildman–Crippen LogP) is 5.91. The molecular formula is C27H25FN2O3S. The minimum Gasteiger partial charge on any atom is -0.489 e. The summed E-state index contributed by atoms with van der Waals surface area (Å²) in [6, 6.07) is 17.9. The van der Waals surface area contributed by atoms with E-state index >= 15 is 0 Å². The van der Waals surface area contributed by atoms with E-state index in [1.165, 1.54) is 17.4 Å². The van der Waals surface area contributed by atoms with Crippen LogP contribution in [0, 0.1) is 26.6 Å². The highest BCUT2D eigenvalue weighted by molar-refractivity contribution is 7.21. The molecule has 34 heavy (non-hydrogen) atoms. The van der Waals surface area contributed by atoms with Crippen molar-refractivity contribution in [2.24, 2.45) is 0 Å². The van der Waals surface area contributed by atoms with E-state index in [4.69, 9.17) is 4.74 Å². The van der Waals surface area contributed by atoms with Gasteiger partial charge in [0.1, 0.15) is 18.2 Å². The number of fused-ring (bicyclic) bond motifs is 1. The van der Waals surface area contributed by atoms with Gasteiger partial charge in [-0.3, -0.25) is 9.59 Å². The quantitative estimate of drug-likeness (QED) is 0.348. The molecule has 0 aliphatic heterocycles. The molecule has 0 spiro atoms. The molecule has 0 saturated carbocycles. The molecule has 5 nitrogen and oxygen atoms in total. The maximum atomic E-state index is 14.7. The van der Waals surface area contributed by atoms with Crippen molar-refractivity contribution in [3.63, 3.8) is 0 Å². The first-order valence-corrected chi connectivity index (χ1v) is 11.7. The Morgan fingerprint density at radius 1 is 0.971 bits per heavy atom. The molecule has 3 aromatic carbocycles. The molecule has 0 aliphatic carbocycles. The van der Waals surface area contributed by atoms with Gasteiger partial charge >= 0.3 is 0 Å². The number of anilines is 1. The lowest BCUT2D eigenvalue weighted by Gasteiger charge is -2.13. The number of nitrogens with one attached hydrogen (secondary N) is 2. The van der Waals surface area contributed by atoms with Crippen LogP contribution in [0.1, 0.15) is 31.9 Å². The van der Waals surface area contributed by atoms with Crippen LogP contribution in [0.4, 0.5) is 10.1 Å². The van der Waals surface area contributed by atoms with Crippen molar-refractivity contribution in [2.75, 3.05) is 11.9 Å². The number of benzene rings is 3. The summed E-state index contributed by atoms with van der Waals surface area (Å²) in [4.78, 5) is 25.9. The highest BCUT2D eigenvalue weighted by atomic mass is 32.1. The number of carbonyl (C=O) groups excluding carboxylic acids is 2. The van der Waals surface area contributed by atoms with Crippen molar-refractivity contribution in [2.45, 2.75) is 27.4 Å². The first-order valence-electron chi connectivity index (χ1n) is 10.9. The topological polar surface area (TPSA) is 67.4 Å². The van der Waals surface area contributed by atoms with Crippen molar-refractivity contribution in [1.82, 2.24) is 5.32 Å². The van der Waals surface area contributed by atoms with Gasteiger partial charge in [-0.25, -0.2) is 4.39 Å². The number of rotatable bonds is 7. The molecule has 174 valence electrons. The van der Waals surface area contributed by atoms with Crippen molar-refractivity contribution >= 4 is 38.9 Å². The summed E-state index contributed by atoms with van der Waals surface area (Å²) >= 11 is 1.18. The molecule has 2 N–H and O–H groups in total. The standard InChI is InChI=1S/C27H25FN2O3S/c1-16-12-17(2)25(18(3)13-16)30-23(31)14-29-27(32)26-20(15-33-19-8-5-4-6-9-19)24-21(28)10-7-11-22(24)34-26/h4-13H,14-15H2,1-3H3,(H,29,32)(H,30,31). The van der Waals surface area contributed by atoms with Gasteiger partial charge in [-0.1, -0.05) is 42.0 Å². The number of ether oxygens (including phenoxy) is 1. The highest BCUT2D eigenvalue weighted by Gasteiger charge is 2.22. The molecule has 4 rings (SSSR count). The summed E-state index contributed by atoms with van der Waals surface area (Å²) in [5.74, 6) is -0.576. The van der Waals surface area contributed by atoms with Crippen LogP contribution in [-0.4, -0.2) is 18.4 Å². The average Bonchev–Trinajstić information content (AvgIpc) is 3.19. The summed E-state index contributed by atoms with van der Waals surface area (Å²) in [5, 5.41) is 5.91. The number of halogens is 1. The van der Waals surface area contributed by atoms with Gasteiger partial charge in [0.25, 0.3) is 5.91 Å². The smallest absolute Gasteiger partial charge is 0.262 e. The fraction of sp³-hybridized carbons (Fsp3) is 0.185. The van der Waals surface area contributed by atoms with Crippen LogP contribution in [-0.2, 0) is 11.4 Å². The summed E-state index contributed by atoms with van der Waals surface area (Å²) < 4.78 is 21.1. The van der Waals surface area contributed by atoms with Gasteiger partial charge in [0.2, 0.25) is 5.91 Å². The van der Waals surface area contributed by atoms with Crippen molar-refractivity contribution in [1.29, 1.82) is 0 Å². The third-order valence-corrected chi connectivity index (χ3v) is 6.64. The van der Waals surface area contributed by atoms with E-state index in [1.807, 2.05) is 51.1 Å². The SMILES string of the molecule is Cc1cc(C)c(NC(=O)CNC(=O)c2sc3cccc(F)c3c2COc2ccccc2)c(C)c1. The van der Waals surface area contributed by atoms with E-state index in [1.54, 1.807) is 24.3 Å². The van der Waals surface area contributed by atoms with Crippen LogP contribution in [0.5, 0.6) is 5.75 Å². The van der Waals surface area contributed by atoms with E-state index in [2.05, 4.69) is 10.6 Å². The van der Waals surface area contributed by atoms with E-state index < -0.39 is 11.7 Å². The van der Waals surface area contributed by atoms with Gasteiger partial charge in [0.05, 0.1) is 11.4 Å². The molecular weight excluding hydrogens is 451 g/mol. The lowest BCUT2D eigenvalue weighted by atomic mass is 10.1. The zero-order valence-electron chi connectivity index (χ0n) is 19.2. The number of carbonyl (C=O) groups is 2. The van der Waals surface area contributed by atoms with Crippen LogP contribution < -0.4 is 15.4 Å². The summed E-state index contributed by atoms with van der Waals surface area (Å²) in [7, 11) is 0. The minimum absolute atomic E-state index is 0.0294. The lowest BCUT2D eigenvalue weighted by Crippen LogP contribution is -2.33. The fourth-order valence-electron chi connectivity index (χ4n) is 3.96. The minimum atomic E-state index is -0.445. The summed E-state index contributed by atoms with van der Waals surface area (Å²) in [6.45, 7) is 5.68. The molecule has 0 bridgehead atoms. The molecule has 7 heteroatoms. The predicted molar refractivity (Wildman–Crippen MR) is 134 cm³/mol. The second kappa shape index (κ2) is 10.1. The van der Waals surface area contributed by atoms with Crippen LogP contribution in [0.25, 0.3) is 10.1 Å². The molecule has 0 unspecified atom stereocenters. The van der Waals surface area contributed by atoms with Gasteiger partial charge in [-0.15, -0.1) is 11.3 Å². The van der Waals surface area contributed by atoms with E-state index in [0.29, 0.717) is 26.3 Å². The van der Waals surface area contributed by atoms with Crippen molar-refractivity contribution in [3.8, 4) is 5.75 Å². The molecule has 0 aliphatic rings. The fourth-order valence-corrected chi connectivity index (χ4v) is 5.10. The number of hydrogen-bond acceptors (Lipinski definition) is 4. The number of para-hydroxylation sites is 1. The van der Waals surface area contributed by atoms with Crippen LogP contribution in [0.15, 0.2) is 60.7 Å². The van der Waals surface area contributed by atoms with Gasteiger partial charge in [-0.05, 0) is 56.2 Å². The average molecular weight is 477 g/mol. The lowest BCUT2D eigenvalue weighted by molar-refractivity contribution is -0.115. The number of hydrogen-bond donors (Lipinski definition) is 2. The molecule has 1 aromatic heterocycles. The third kappa shape index (κ3) is 5.10. The van der Waals surface area contributed by atoms with Crippen LogP contribution in [0.2, 0.25) is 0 Å². The zero-order chi connectivity index (χ0) is 24.2. The second-order valence-electron chi connectivity index (χ2n) is 8.13. The maximum Gasteiger partial charge on any atom is 0.262 e. The Bertz CT molecular complexity index is 1340. The molecule has 2 amide bonds. The molecule has 0 fully saturated rings. The van der Waals surface area contributed by atoms with Gasteiger partial charge in [0, 0.05) is 21.3 Å². The zero-order valence-corrected chi connectivity index (χ0v) is 20.0. The normalized spacial score (nSPS) is 10.8. The van der Waals surface area contributed by atoms with Crippen LogP contribution in [0.3, 0.4) is 0 Å². The van der Waals surface area contributed by atoms with E-state index in [9.17, 15) is 14.0 Å². The Balaban J connectivity index is 1.52. The Hall–Kier alpha value is -3.71. The number of aryl methyl sites for hydroxylation is 3. The number of thiophene rings is 1. The van der Waals surface area contributed by atoms with Gasteiger partial charge in [-0.2, -0.15) is 0 Å². The highest BCUT2D eigenvalue weighted by Crippen LogP contribution is 2.34. The van der Waals surface area contributed by atoms with Crippen molar-refractivity contribution in [3.05, 3.63) is 93.6 Å². The van der Waals surface area contributed by atoms with Gasteiger partial charge < -0.3 is 15.4 Å².